The second-order valence-corrected chi connectivity index (χ2v) is 4.30. The van der Waals surface area contributed by atoms with Gasteiger partial charge in [0.1, 0.15) is 13.2 Å². The zero-order valence-electron chi connectivity index (χ0n) is 11.0. The molecule has 1 aliphatic heterocycles. The lowest BCUT2D eigenvalue weighted by atomic mass is 10.1. The van der Waals surface area contributed by atoms with Crippen molar-refractivity contribution in [1.29, 1.82) is 0 Å². The maximum atomic E-state index is 5.71. The maximum absolute atomic E-state index is 5.71. The number of aryl methyl sites for hydroxylation is 2. The molecule has 4 heteroatoms. The molecule has 2 rings (SSSR count). The average Bonchev–Trinajstić information content (AvgIpc) is 2.34. The number of fused-ring (bicyclic) bond motifs is 1. The van der Waals surface area contributed by atoms with Gasteiger partial charge in [0.15, 0.2) is 11.5 Å². The highest BCUT2D eigenvalue weighted by atomic mass is 16.6. The summed E-state index contributed by atoms with van der Waals surface area (Å²) in [5.74, 6) is 1.56. The third-order valence-corrected chi connectivity index (χ3v) is 2.90. The van der Waals surface area contributed by atoms with Crippen molar-refractivity contribution in [1.82, 2.24) is 0 Å². The third kappa shape index (κ3) is 3.62. The van der Waals surface area contributed by atoms with E-state index in [1.54, 1.807) is 0 Å². The molecule has 0 aromatic heterocycles. The lowest BCUT2D eigenvalue weighted by Gasteiger charge is -2.16. The summed E-state index contributed by atoms with van der Waals surface area (Å²) in [6.45, 7) is 7.51. The first-order valence-corrected chi connectivity index (χ1v) is 6.29. The molecule has 1 aromatic carbocycles. The Morgan fingerprint density at radius 3 is 1.50 bits per heavy atom. The lowest BCUT2D eigenvalue weighted by Crippen LogP contribution is -2.15. The van der Waals surface area contributed by atoms with Gasteiger partial charge >= 0.3 is 0 Å². The van der Waals surface area contributed by atoms with Gasteiger partial charge in [-0.2, -0.15) is 0 Å². The van der Waals surface area contributed by atoms with Crippen molar-refractivity contribution < 1.29 is 18.9 Å². The summed E-state index contributed by atoms with van der Waals surface area (Å²) in [6, 6.07) is 4.02. The number of hydrogen-bond acceptors (Lipinski definition) is 4. The smallest absolute Gasteiger partial charge is 0.161 e. The van der Waals surface area contributed by atoms with Gasteiger partial charge < -0.3 is 18.9 Å². The molecule has 1 aliphatic rings. The van der Waals surface area contributed by atoms with Crippen molar-refractivity contribution in [3.63, 3.8) is 0 Å². The second kappa shape index (κ2) is 6.61. The fourth-order valence-electron chi connectivity index (χ4n) is 1.73. The van der Waals surface area contributed by atoms with Crippen LogP contribution in [0.5, 0.6) is 11.5 Å². The highest BCUT2D eigenvalue weighted by Gasteiger charge is 2.09. The molecule has 0 N–H and O–H groups in total. The molecular weight excluding hydrogens is 232 g/mol. The Labute approximate surface area is 108 Å². The monoisotopic (exact) mass is 252 g/mol. The molecule has 100 valence electrons. The van der Waals surface area contributed by atoms with Crippen LogP contribution in [0.15, 0.2) is 12.1 Å². The van der Waals surface area contributed by atoms with Crippen LogP contribution in [0.3, 0.4) is 0 Å². The fraction of sp³-hybridized carbons (Fsp3) is 0.571. The SMILES string of the molecule is Cc1cc2c(cc1C)OCCOCCOCCO2. The molecule has 0 saturated carbocycles. The molecule has 1 aromatic rings. The molecule has 0 aliphatic carbocycles. The first-order chi connectivity index (χ1) is 8.77. The Morgan fingerprint density at radius 2 is 1.06 bits per heavy atom. The van der Waals surface area contributed by atoms with Crippen molar-refractivity contribution in [2.75, 3.05) is 39.6 Å². The summed E-state index contributed by atoms with van der Waals surface area (Å²) in [6.07, 6.45) is 0. The van der Waals surface area contributed by atoms with Crippen LogP contribution in [-0.2, 0) is 9.47 Å². The first-order valence-electron chi connectivity index (χ1n) is 6.29. The van der Waals surface area contributed by atoms with Crippen LogP contribution < -0.4 is 9.47 Å². The molecule has 4 nitrogen and oxygen atoms in total. The molecular formula is C14H20O4. The van der Waals surface area contributed by atoms with E-state index in [4.69, 9.17) is 18.9 Å². The predicted octanol–water partition coefficient (Wildman–Crippen LogP) is 2.11. The summed E-state index contributed by atoms with van der Waals surface area (Å²) in [5.41, 5.74) is 2.39. The van der Waals surface area contributed by atoms with Crippen molar-refractivity contribution >= 4 is 0 Å². The van der Waals surface area contributed by atoms with Gasteiger partial charge in [0.2, 0.25) is 0 Å². The number of rotatable bonds is 0. The lowest BCUT2D eigenvalue weighted by molar-refractivity contribution is 0.0223. The summed E-state index contributed by atoms with van der Waals surface area (Å²) in [5, 5.41) is 0. The number of ether oxygens (including phenoxy) is 4. The predicted molar refractivity (Wildman–Crippen MR) is 68.5 cm³/mol. The largest absolute Gasteiger partial charge is 0.487 e. The zero-order valence-corrected chi connectivity index (χ0v) is 11.0. The Hall–Kier alpha value is -1.26. The van der Waals surface area contributed by atoms with E-state index in [1.807, 2.05) is 12.1 Å². The molecule has 0 radical (unpaired) electrons. The molecule has 0 fully saturated rings. The van der Waals surface area contributed by atoms with E-state index in [2.05, 4.69) is 13.8 Å². The number of hydrogen-bond donors (Lipinski definition) is 0. The van der Waals surface area contributed by atoms with E-state index in [9.17, 15) is 0 Å². The molecule has 0 unspecified atom stereocenters. The third-order valence-electron chi connectivity index (χ3n) is 2.90. The van der Waals surface area contributed by atoms with Crippen LogP contribution in [0, 0.1) is 13.8 Å². The van der Waals surface area contributed by atoms with Crippen LogP contribution in [-0.4, -0.2) is 39.6 Å². The highest BCUT2D eigenvalue weighted by molar-refractivity contribution is 5.46. The zero-order chi connectivity index (χ0) is 12.8. The minimum Gasteiger partial charge on any atom is -0.487 e. The molecule has 0 spiro atoms. The molecule has 0 bridgehead atoms. The Balaban J connectivity index is 2.12. The maximum Gasteiger partial charge on any atom is 0.161 e. The van der Waals surface area contributed by atoms with E-state index >= 15 is 0 Å². The molecule has 0 amide bonds. The topological polar surface area (TPSA) is 36.9 Å². The summed E-state index contributed by atoms with van der Waals surface area (Å²) < 4.78 is 22.2. The minimum atomic E-state index is 0.527. The van der Waals surface area contributed by atoms with E-state index in [1.165, 1.54) is 11.1 Å². The highest BCUT2D eigenvalue weighted by Crippen LogP contribution is 2.30. The van der Waals surface area contributed by atoms with Gasteiger partial charge in [-0.15, -0.1) is 0 Å². The minimum absolute atomic E-state index is 0.527. The molecule has 18 heavy (non-hydrogen) atoms. The Morgan fingerprint density at radius 1 is 0.667 bits per heavy atom. The van der Waals surface area contributed by atoms with Crippen LogP contribution >= 0.6 is 0 Å². The first kappa shape index (κ1) is 13.2. The van der Waals surface area contributed by atoms with Gasteiger partial charge in [-0.3, -0.25) is 0 Å². The van der Waals surface area contributed by atoms with Gasteiger partial charge in [0.05, 0.1) is 26.4 Å². The Kier molecular flexibility index (Phi) is 4.84. The van der Waals surface area contributed by atoms with Gasteiger partial charge in [0, 0.05) is 0 Å². The van der Waals surface area contributed by atoms with Gasteiger partial charge in [-0.05, 0) is 37.1 Å². The van der Waals surface area contributed by atoms with Crippen molar-refractivity contribution in [3.05, 3.63) is 23.3 Å². The van der Waals surface area contributed by atoms with E-state index in [-0.39, 0.29) is 0 Å². The van der Waals surface area contributed by atoms with E-state index < -0.39 is 0 Å². The quantitative estimate of drug-likeness (QED) is 0.708. The molecule has 0 atom stereocenters. The summed E-state index contributed by atoms with van der Waals surface area (Å²) in [4.78, 5) is 0. The fourth-order valence-corrected chi connectivity index (χ4v) is 1.73. The van der Waals surface area contributed by atoms with Crippen molar-refractivity contribution in [2.45, 2.75) is 13.8 Å². The molecule has 1 heterocycles. The van der Waals surface area contributed by atoms with Gasteiger partial charge in [-0.25, -0.2) is 0 Å². The standard InChI is InChI=1S/C14H20O4/c1-11-9-13-14(10-12(11)2)18-8-6-16-4-3-15-5-7-17-13/h9-10H,3-8H2,1-2H3. The summed E-state index contributed by atoms with van der Waals surface area (Å²) >= 11 is 0. The van der Waals surface area contributed by atoms with Gasteiger partial charge in [0.25, 0.3) is 0 Å². The normalized spacial score (nSPS) is 17.7. The molecule has 0 saturated heterocycles. The van der Waals surface area contributed by atoms with Crippen LogP contribution in [0.1, 0.15) is 11.1 Å². The Bertz CT molecular complexity index is 353. The van der Waals surface area contributed by atoms with Crippen LogP contribution in [0.2, 0.25) is 0 Å². The van der Waals surface area contributed by atoms with Crippen LogP contribution in [0.25, 0.3) is 0 Å². The second-order valence-electron chi connectivity index (χ2n) is 4.30. The van der Waals surface area contributed by atoms with Crippen LogP contribution in [0.4, 0.5) is 0 Å². The average molecular weight is 252 g/mol. The van der Waals surface area contributed by atoms with Crippen molar-refractivity contribution in [3.8, 4) is 11.5 Å². The van der Waals surface area contributed by atoms with E-state index in [0.29, 0.717) is 39.6 Å². The van der Waals surface area contributed by atoms with Crippen molar-refractivity contribution in [2.24, 2.45) is 0 Å². The van der Waals surface area contributed by atoms with E-state index in [0.717, 1.165) is 11.5 Å². The summed E-state index contributed by atoms with van der Waals surface area (Å²) in [7, 11) is 0. The number of benzene rings is 1. The van der Waals surface area contributed by atoms with Gasteiger partial charge in [-0.1, -0.05) is 0 Å².